The van der Waals surface area contributed by atoms with E-state index in [2.05, 4.69) is 19.1 Å². The fourth-order valence-electron chi connectivity index (χ4n) is 4.52. The quantitative estimate of drug-likeness (QED) is 0.0800. The van der Waals surface area contributed by atoms with Gasteiger partial charge in [0.15, 0.2) is 0 Å². The lowest BCUT2D eigenvalue weighted by Crippen LogP contribution is -2.51. The molecule has 0 spiro atoms. The number of carboxylic acids is 3. The summed E-state index contributed by atoms with van der Waals surface area (Å²) < 4.78 is 0.593. The van der Waals surface area contributed by atoms with Crippen LogP contribution in [0.1, 0.15) is 116 Å². The zero-order valence-electron chi connectivity index (χ0n) is 21.5. The first kappa shape index (κ1) is 32.1. The molecule has 0 aliphatic carbocycles. The maximum Gasteiger partial charge on any atom is 0.303 e. The van der Waals surface area contributed by atoms with E-state index >= 15 is 0 Å². The van der Waals surface area contributed by atoms with E-state index in [1.54, 1.807) is 0 Å². The Hall–Kier alpha value is -1.89. The monoisotopic (exact) mass is 484 g/mol. The van der Waals surface area contributed by atoms with Crippen LogP contribution in [0.5, 0.6) is 0 Å². The van der Waals surface area contributed by atoms with Gasteiger partial charge in [0.1, 0.15) is 0 Å². The Morgan fingerprint density at radius 2 is 0.912 bits per heavy atom. The third-order valence-electron chi connectivity index (χ3n) is 6.48. The Balaban J connectivity index is 4.55. The van der Waals surface area contributed by atoms with Crippen molar-refractivity contribution < 1.29 is 34.2 Å². The number of carboxylic acid groups (broad SMARTS) is 3. The van der Waals surface area contributed by atoms with Gasteiger partial charge in [-0.25, -0.2) is 0 Å². The summed E-state index contributed by atoms with van der Waals surface area (Å²) in [4.78, 5) is 33.0. The van der Waals surface area contributed by atoms with Gasteiger partial charge in [-0.1, -0.05) is 70.4 Å². The van der Waals surface area contributed by atoms with E-state index < -0.39 is 17.9 Å². The van der Waals surface area contributed by atoms with E-state index in [1.165, 1.54) is 57.8 Å². The number of hydrogen-bond donors (Lipinski definition) is 3. The van der Waals surface area contributed by atoms with Crippen LogP contribution < -0.4 is 0 Å². The molecule has 7 heteroatoms. The lowest BCUT2D eigenvalue weighted by Gasteiger charge is -2.39. The van der Waals surface area contributed by atoms with E-state index in [0.717, 1.165) is 19.4 Å². The average Bonchev–Trinajstić information content (AvgIpc) is 2.76. The van der Waals surface area contributed by atoms with Crippen LogP contribution in [-0.4, -0.2) is 63.9 Å². The topological polar surface area (TPSA) is 112 Å². The molecule has 0 rings (SSSR count). The largest absolute Gasteiger partial charge is 0.481 e. The van der Waals surface area contributed by atoms with Gasteiger partial charge in [-0.15, -0.1) is 0 Å². The van der Waals surface area contributed by atoms with Gasteiger partial charge in [0.05, 0.1) is 45.4 Å². The standard InChI is InChI=1S/C27H49NO6/c1-2-3-4-5-6-7-8-9-10-11-12-13-14-21-28(22-15-18-25(29)30,23-16-19-26(31)32)24-17-20-27(33)34/h12-13H,2-11,14-24H2,1H3,(H2-,29,30,31,32,33,34)/p+1/b13-12+. The van der Waals surface area contributed by atoms with E-state index in [1.807, 2.05) is 0 Å². The number of nitrogens with zero attached hydrogens (tertiary/aromatic N) is 1. The summed E-state index contributed by atoms with van der Waals surface area (Å²) in [6.45, 7) is 4.94. The molecule has 0 aliphatic heterocycles. The summed E-state index contributed by atoms with van der Waals surface area (Å²) in [5, 5.41) is 27.1. The van der Waals surface area contributed by atoms with Gasteiger partial charge in [-0.05, 0) is 12.8 Å². The van der Waals surface area contributed by atoms with Crippen molar-refractivity contribution in [2.24, 2.45) is 0 Å². The van der Waals surface area contributed by atoms with Gasteiger partial charge in [0, 0.05) is 25.7 Å². The molecule has 0 bridgehead atoms. The number of hydrogen-bond acceptors (Lipinski definition) is 3. The average molecular weight is 485 g/mol. The molecular weight excluding hydrogens is 434 g/mol. The minimum Gasteiger partial charge on any atom is -0.481 e. The molecule has 0 atom stereocenters. The summed E-state index contributed by atoms with van der Waals surface area (Å²) in [6.07, 6.45) is 19.9. The summed E-state index contributed by atoms with van der Waals surface area (Å²) in [5.74, 6) is -2.51. The third kappa shape index (κ3) is 20.7. The van der Waals surface area contributed by atoms with Crippen LogP contribution in [0.4, 0.5) is 0 Å². The maximum absolute atomic E-state index is 11.0. The smallest absolute Gasteiger partial charge is 0.303 e. The summed E-state index contributed by atoms with van der Waals surface area (Å²) in [6, 6.07) is 0. The number of unbranched alkanes of at least 4 members (excludes halogenated alkanes) is 9. The predicted molar refractivity (Wildman–Crippen MR) is 136 cm³/mol. The van der Waals surface area contributed by atoms with Crippen molar-refractivity contribution in [1.82, 2.24) is 0 Å². The molecule has 0 aliphatic rings. The Morgan fingerprint density at radius 1 is 0.529 bits per heavy atom. The molecule has 0 saturated heterocycles. The van der Waals surface area contributed by atoms with Crippen LogP contribution in [0.2, 0.25) is 0 Å². The van der Waals surface area contributed by atoms with Crippen LogP contribution >= 0.6 is 0 Å². The number of quaternary nitrogens is 1. The number of rotatable bonds is 25. The number of allylic oxidation sites excluding steroid dienone is 1. The van der Waals surface area contributed by atoms with Crippen molar-refractivity contribution in [2.45, 2.75) is 116 Å². The molecule has 0 aromatic carbocycles. The van der Waals surface area contributed by atoms with E-state index in [9.17, 15) is 14.4 Å². The molecule has 0 aromatic heterocycles. The normalized spacial score (nSPS) is 11.8. The first-order valence-electron chi connectivity index (χ1n) is 13.5. The Bertz CT molecular complexity index is 525. The van der Waals surface area contributed by atoms with Gasteiger partial charge < -0.3 is 19.8 Å². The first-order valence-corrected chi connectivity index (χ1v) is 13.5. The number of carbonyl (C=O) groups is 3. The molecular formula is C27H50NO6+. The highest BCUT2D eigenvalue weighted by Crippen LogP contribution is 2.17. The van der Waals surface area contributed by atoms with Crippen molar-refractivity contribution >= 4 is 17.9 Å². The van der Waals surface area contributed by atoms with E-state index in [-0.39, 0.29) is 19.3 Å². The van der Waals surface area contributed by atoms with Gasteiger partial charge in [-0.2, -0.15) is 0 Å². The molecule has 0 amide bonds. The zero-order valence-corrected chi connectivity index (χ0v) is 21.5. The van der Waals surface area contributed by atoms with Crippen molar-refractivity contribution in [2.75, 3.05) is 26.2 Å². The molecule has 0 saturated carbocycles. The fourth-order valence-corrected chi connectivity index (χ4v) is 4.52. The molecule has 7 nitrogen and oxygen atoms in total. The lowest BCUT2D eigenvalue weighted by molar-refractivity contribution is -0.928. The Morgan fingerprint density at radius 3 is 1.32 bits per heavy atom. The zero-order chi connectivity index (χ0) is 25.5. The highest BCUT2D eigenvalue weighted by atomic mass is 16.4. The molecule has 0 fully saturated rings. The molecule has 0 aromatic rings. The van der Waals surface area contributed by atoms with Gasteiger partial charge >= 0.3 is 17.9 Å². The molecule has 198 valence electrons. The predicted octanol–water partition coefficient (Wildman–Crippen LogP) is 6.26. The van der Waals surface area contributed by atoms with Crippen molar-refractivity contribution in [1.29, 1.82) is 0 Å². The highest BCUT2D eigenvalue weighted by Gasteiger charge is 2.27. The van der Waals surface area contributed by atoms with Crippen molar-refractivity contribution in [3.8, 4) is 0 Å². The fraction of sp³-hybridized carbons (Fsp3) is 0.815. The van der Waals surface area contributed by atoms with Crippen LogP contribution in [0.3, 0.4) is 0 Å². The van der Waals surface area contributed by atoms with E-state index in [4.69, 9.17) is 15.3 Å². The SMILES string of the molecule is CCCCCCCCCCC/C=C/CC[N+](CCCC(=O)O)(CCCC(=O)O)CCCC(=O)O. The summed E-state index contributed by atoms with van der Waals surface area (Å²) >= 11 is 0. The molecule has 0 unspecified atom stereocenters. The van der Waals surface area contributed by atoms with Gasteiger partial charge in [-0.3, -0.25) is 14.4 Å². The first-order chi connectivity index (χ1) is 16.3. The second kappa shape index (κ2) is 21.6. The van der Waals surface area contributed by atoms with Gasteiger partial charge in [0.25, 0.3) is 0 Å². The second-order valence-electron chi connectivity index (χ2n) is 9.61. The summed E-state index contributed by atoms with van der Waals surface area (Å²) in [5.41, 5.74) is 0. The van der Waals surface area contributed by atoms with Crippen molar-refractivity contribution in [3.63, 3.8) is 0 Å². The Kier molecular flexibility index (Phi) is 20.4. The maximum atomic E-state index is 11.0. The van der Waals surface area contributed by atoms with Crippen LogP contribution in [0.15, 0.2) is 12.2 Å². The minimum atomic E-state index is -0.838. The summed E-state index contributed by atoms with van der Waals surface area (Å²) in [7, 11) is 0. The molecule has 3 N–H and O–H groups in total. The van der Waals surface area contributed by atoms with Crippen LogP contribution in [0.25, 0.3) is 0 Å². The van der Waals surface area contributed by atoms with E-state index in [0.29, 0.717) is 43.4 Å². The van der Waals surface area contributed by atoms with Crippen molar-refractivity contribution in [3.05, 3.63) is 12.2 Å². The lowest BCUT2D eigenvalue weighted by atomic mass is 10.1. The molecule has 0 heterocycles. The third-order valence-corrected chi connectivity index (χ3v) is 6.48. The molecule has 34 heavy (non-hydrogen) atoms. The highest BCUT2D eigenvalue weighted by molar-refractivity contribution is 5.67. The minimum absolute atomic E-state index is 0.0757. The Labute approximate surface area is 206 Å². The van der Waals surface area contributed by atoms with Crippen LogP contribution in [0, 0.1) is 0 Å². The van der Waals surface area contributed by atoms with Crippen LogP contribution in [-0.2, 0) is 14.4 Å². The number of aliphatic carboxylic acids is 3. The van der Waals surface area contributed by atoms with Gasteiger partial charge in [0.2, 0.25) is 0 Å². The molecule has 0 radical (unpaired) electrons. The second-order valence-corrected chi connectivity index (χ2v) is 9.61.